The number of amides is 1. The van der Waals surface area contributed by atoms with E-state index in [1.807, 2.05) is 6.07 Å². The second-order valence-electron chi connectivity index (χ2n) is 2.58. The van der Waals surface area contributed by atoms with Crippen LogP contribution in [0.2, 0.25) is 0 Å². The van der Waals surface area contributed by atoms with Gasteiger partial charge in [0.25, 0.3) is 0 Å². The maximum atomic E-state index is 11.2. The van der Waals surface area contributed by atoms with Gasteiger partial charge in [-0.2, -0.15) is 0 Å². The average Bonchev–Trinajstić information content (AvgIpc) is 2.21. The average molecular weight is 339 g/mol. The molecular formula is C9H9Br2NO3. The zero-order valence-corrected chi connectivity index (χ0v) is 10.8. The number of rotatable bonds is 3. The Morgan fingerprint density at radius 1 is 1.40 bits per heavy atom. The Kier molecular flexibility index (Phi) is 5.07. The van der Waals surface area contributed by atoms with Gasteiger partial charge < -0.3 is 9.84 Å². The first-order valence-electron chi connectivity index (χ1n) is 4.14. The minimum atomic E-state index is -0.600. The number of aliphatic hydroxyl groups is 1. The molecule has 15 heavy (non-hydrogen) atoms. The van der Waals surface area contributed by atoms with Crippen molar-refractivity contribution in [2.75, 3.05) is 18.5 Å². The van der Waals surface area contributed by atoms with Crippen LogP contribution in [0.15, 0.2) is 27.1 Å². The SMILES string of the molecule is O=C(Nc1c(Br)cccc1Br)OCCO. The van der Waals surface area contributed by atoms with Crippen molar-refractivity contribution in [3.8, 4) is 0 Å². The molecule has 0 fully saturated rings. The van der Waals surface area contributed by atoms with Gasteiger partial charge in [0.05, 0.1) is 12.3 Å². The maximum Gasteiger partial charge on any atom is 0.411 e. The number of anilines is 1. The molecule has 1 aromatic carbocycles. The second kappa shape index (κ2) is 6.09. The number of carbonyl (C=O) groups excluding carboxylic acids is 1. The van der Waals surface area contributed by atoms with Crippen molar-refractivity contribution in [2.45, 2.75) is 0 Å². The van der Waals surface area contributed by atoms with Gasteiger partial charge in [-0.25, -0.2) is 4.79 Å². The van der Waals surface area contributed by atoms with Crippen LogP contribution in [-0.4, -0.2) is 24.4 Å². The third-order valence-corrected chi connectivity index (χ3v) is 2.84. The van der Waals surface area contributed by atoms with Crippen molar-refractivity contribution in [1.29, 1.82) is 0 Å². The van der Waals surface area contributed by atoms with E-state index in [1.165, 1.54) is 0 Å². The number of aliphatic hydroxyl groups excluding tert-OH is 1. The molecule has 0 radical (unpaired) electrons. The molecule has 0 atom stereocenters. The van der Waals surface area contributed by atoms with Crippen LogP contribution in [0.3, 0.4) is 0 Å². The molecule has 1 rings (SSSR count). The Morgan fingerprint density at radius 2 is 2.00 bits per heavy atom. The summed E-state index contributed by atoms with van der Waals surface area (Å²) in [5, 5.41) is 11.0. The fraction of sp³-hybridized carbons (Fsp3) is 0.222. The number of halogens is 2. The lowest BCUT2D eigenvalue weighted by Crippen LogP contribution is -2.16. The van der Waals surface area contributed by atoms with E-state index in [0.717, 1.165) is 8.95 Å². The molecule has 0 heterocycles. The Bertz CT molecular complexity index is 337. The minimum absolute atomic E-state index is 0.0199. The lowest BCUT2D eigenvalue weighted by molar-refractivity contribution is 0.131. The molecule has 0 spiro atoms. The van der Waals surface area contributed by atoms with Crippen LogP contribution < -0.4 is 5.32 Å². The molecule has 0 aromatic heterocycles. The first-order valence-corrected chi connectivity index (χ1v) is 5.72. The summed E-state index contributed by atoms with van der Waals surface area (Å²) in [6.45, 7) is -0.210. The van der Waals surface area contributed by atoms with E-state index in [9.17, 15) is 4.79 Å². The molecule has 0 aliphatic heterocycles. The highest BCUT2D eigenvalue weighted by atomic mass is 79.9. The van der Waals surface area contributed by atoms with Crippen LogP contribution in [0.5, 0.6) is 0 Å². The number of ether oxygens (including phenoxy) is 1. The number of nitrogens with one attached hydrogen (secondary N) is 1. The van der Waals surface area contributed by atoms with E-state index in [1.54, 1.807) is 12.1 Å². The lowest BCUT2D eigenvalue weighted by atomic mass is 10.3. The quantitative estimate of drug-likeness (QED) is 0.890. The van der Waals surface area contributed by atoms with Crippen molar-refractivity contribution in [1.82, 2.24) is 0 Å². The molecule has 0 bridgehead atoms. The van der Waals surface area contributed by atoms with E-state index in [0.29, 0.717) is 5.69 Å². The van der Waals surface area contributed by atoms with E-state index in [4.69, 9.17) is 5.11 Å². The fourth-order valence-electron chi connectivity index (χ4n) is 0.894. The third-order valence-electron chi connectivity index (χ3n) is 1.51. The van der Waals surface area contributed by atoms with Crippen LogP contribution in [0.1, 0.15) is 0 Å². The molecule has 6 heteroatoms. The molecular weight excluding hydrogens is 330 g/mol. The van der Waals surface area contributed by atoms with Crippen LogP contribution in [0.25, 0.3) is 0 Å². The molecule has 2 N–H and O–H groups in total. The summed E-state index contributed by atoms with van der Waals surface area (Å²) in [7, 11) is 0. The third kappa shape index (κ3) is 3.81. The van der Waals surface area contributed by atoms with Crippen molar-refractivity contribution >= 4 is 43.6 Å². The van der Waals surface area contributed by atoms with E-state index >= 15 is 0 Å². The minimum Gasteiger partial charge on any atom is -0.447 e. The summed E-state index contributed by atoms with van der Waals surface area (Å²) < 4.78 is 6.16. The van der Waals surface area contributed by atoms with Crippen molar-refractivity contribution in [2.24, 2.45) is 0 Å². The van der Waals surface area contributed by atoms with E-state index < -0.39 is 6.09 Å². The molecule has 4 nitrogen and oxygen atoms in total. The molecule has 0 saturated carbocycles. The Morgan fingerprint density at radius 3 is 2.53 bits per heavy atom. The van der Waals surface area contributed by atoms with Gasteiger partial charge >= 0.3 is 6.09 Å². The predicted octanol–water partition coefficient (Wildman–Crippen LogP) is 2.75. The Balaban J connectivity index is 2.68. The molecule has 0 aliphatic rings. The smallest absolute Gasteiger partial charge is 0.411 e. The summed E-state index contributed by atoms with van der Waals surface area (Å²) in [4.78, 5) is 11.2. The van der Waals surface area contributed by atoms with E-state index in [-0.39, 0.29) is 13.2 Å². The number of carbonyl (C=O) groups is 1. The number of hydrogen-bond acceptors (Lipinski definition) is 3. The van der Waals surface area contributed by atoms with Crippen LogP contribution in [-0.2, 0) is 4.74 Å². The van der Waals surface area contributed by atoms with Gasteiger partial charge in [0, 0.05) is 8.95 Å². The molecule has 0 unspecified atom stereocenters. The fourth-order valence-corrected chi connectivity index (χ4v) is 2.09. The first-order chi connectivity index (χ1) is 7.15. The van der Waals surface area contributed by atoms with Gasteiger partial charge in [-0.1, -0.05) is 6.07 Å². The normalized spacial score (nSPS) is 9.80. The molecule has 82 valence electrons. The van der Waals surface area contributed by atoms with Crippen molar-refractivity contribution in [3.05, 3.63) is 27.1 Å². The van der Waals surface area contributed by atoms with Crippen LogP contribution in [0, 0.1) is 0 Å². The number of benzene rings is 1. The zero-order chi connectivity index (χ0) is 11.3. The summed E-state index contributed by atoms with van der Waals surface area (Å²) in [6.07, 6.45) is -0.600. The van der Waals surface area contributed by atoms with Gasteiger partial charge in [-0.3, -0.25) is 5.32 Å². The predicted molar refractivity (Wildman–Crippen MR) is 63.9 cm³/mol. The summed E-state index contributed by atoms with van der Waals surface area (Å²) in [5.74, 6) is 0. The number of hydrogen-bond donors (Lipinski definition) is 2. The van der Waals surface area contributed by atoms with Crippen LogP contribution >= 0.6 is 31.9 Å². The Hall–Kier alpha value is -0.590. The first kappa shape index (κ1) is 12.5. The second-order valence-corrected chi connectivity index (χ2v) is 4.29. The van der Waals surface area contributed by atoms with Crippen LogP contribution in [0.4, 0.5) is 10.5 Å². The molecule has 1 aromatic rings. The molecule has 0 saturated heterocycles. The largest absolute Gasteiger partial charge is 0.447 e. The summed E-state index contributed by atoms with van der Waals surface area (Å²) in [5.41, 5.74) is 0.598. The van der Waals surface area contributed by atoms with Gasteiger partial charge in [0.15, 0.2) is 0 Å². The highest BCUT2D eigenvalue weighted by molar-refractivity contribution is 9.11. The summed E-state index contributed by atoms with van der Waals surface area (Å²) >= 11 is 6.59. The van der Waals surface area contributed by atoms with Gasteiger partial charge in [-0.05, 0) is 44.0 Å². The van der Waals surface area contributed by atoms with Gasteiger partial charge in [0.2, 0.25) is 0 Å². The summed E-state index contributed by atoms with van der Waals surface area (Å²) in [6, 6.07) is 5.43. The standard InChI is InChI=1S/C9H9Br2NO3/c10-6-2-1-3-7(11)8(6)12-9(14)15-5-4-13/h1-3,13H,4-5H2,(H,12,14). The topological polar surface area (TPSA) is 58.6 Å². The molecule has 0 aliphatic carbocycles. The highest BCUT2D eigenvalue weighted by Crippen LogP contribution is 2.30. The molecule has 1 amide bonds. The number of para-hydroxylation sites is 1. The van der Waals surface area contributed by atoms with E-state index in [2.05, 4.69) is 41.9 Å². The Labute approximate surface area is 104 Å². The highest BCUT2D eigenvalue weighted by Gasteiger charge is 2.08. The van der Waals surface area contributed by atoms with Gasteiger partial charge in [0.1, 0.15) is 6.61 Å². The lowest BCUT2D eigenvalue weighted by Gasteiger charge is -2.09. The van der Waals surface area contributed by atoms with Crippen molar-refractivity contribution < 1.29 is 14.6 Å². The van der Waals surface area contributed by atoms with Gasteiger partial charge in [-0.15, -0.1) is 0 Å². The maximum absolute atomic E-state index is 11.2. The monoisotopic (exact) mass is 337 g/mol. The zero-order valence-electron chi connectivity index (χ0n) is 7.67. The van der Waals surface area contributed by atoms with Crippen molar-refractivity contribution in [3.63, 3.8) is 0 Å².